The maximum Gasteiger partial charge on any atom is 0.317 e. The normalized spacial score (nSPS) is 23.3. The Morgan fingerprint density at radius 1 is 1.29 bits per heavy atom. The van der Waals surface area contributed by atoms with Gasteiger partial charge in [0.15, 0.2) is 0 Å². The lowest BCUT2D eigenvalue weighted by Gasteiger charge is -2.38. The third kappa shape index (κ3) is 5.07. The predicted octanol–water partition coefficient (Wildman–Crippen LogP) is -0.158. The summed E-state index contributed by atoms with van der Waals surface area (Å²) >= 11 is 0. The van der Waals surface area contributed by atoms with Crippen LogP contribution in [-0.2, 0) is 19.4 Å². The minimum atomic E-state index is -3.12. The minimum absolute atomic E-state index is 0.00705. The summed E-state index contributed by atoms with van der Waals surface area (Å²) in [5.74, 6) is -0.228. The van der Waals surface area contributed by atoms with Gasteiger partial charge in [-0.15, -0.1) is 0 Å². The van der Waals surface area contributed by atoms with Gasteiger partial charge in [-0.25, -0.2) is 13.2 Å². The highest BCUT2D eigenvalue weighted by Gasteiger charge is 2.43. The fourth-order valence-electron chi connectivity index (χ4n) is 3.18. The highest BCUT2D eigenvalue weighted by Crippen LogP contribution is 2.36. The van der Waals surface area contributed by atoms with Crippen LogP contribution in [0.3, 0.4) is 0 Å². The van der Waals surface area contributed by atoms with Crippen LogP contribution >= 0.6 is 0 Å². The number of nitrogens with one attached hydrogen (secondary N) is 1. The molecule has 3 amide bonds. The van der Waals surface area contributed by atoms with E-state index in [9.17, 15) is 18.0 Å². The van der Waals surface area contributed by atoms with Gasteiger partial charge in [-0.3, -0.25) is 4.79 Å². The number of carbonyl (C=O) groups is 2. The van der Waals surface area contributed by atoms with E-state index in [1.807, 2.05) is 0 Å². The van der Waals surface area contributed by atoms with E-state index in [4.69, 9.17) is 4.74 Å². The molecule has 0 radical (unpaired) electrons. The van der Waals surface area contributed by atoms with Crippen LogP contribution in [0.5, 0.6) is 0 Å². The first-order chi connectivity index (χ1) is 11.1. The molecule has 0 aromatic carbocycles. The van der Waals surface area contributed by atoms with Crippen molar-refractivity contribution in [3.63, 3.8) is 0 Å². The van der Waals surface area contributed by atoms with Crippen LogP contribution < -0.4 is 5.32 Å². The number of amides is 3. The van der Waals surface area contributed by atoms with Gasteiger partial charge in [0.05, 0.1) is 24.0 Å². The van der Waals surface area contributed by atoms with Crippen molar-refractivity contribution in [3.05, 3.63) is 0 Å². The first-order valence-corrected chi connectivity index (χ1v) is 10.2. The number of rotatable bonds is 4. The molecule has 2 fully saturated rings. The third-order valence-electron chi connectivity index (χ3n) is 4.66. The molecule has 8 nitrogen and oxygen atoms in total. The van der Waals surface area contributed by atoms with Crippen molar-refractivity contribution < 1.29 is 22.7 Å². The largest absolute Gasteiger partial charge is 0.373 e. The summed E-state index contributed by atoms with van der Waals surface area (Å²) in [7, 11) is 0.270. The summed E-state index contributed by atoms with van der Waals surface area (Å²) in [5.41, 5.74) is -0.280. The number of piperidine rings is 1. The first-order valence-electron chi connectivity index (χ1n) is 8.17. The number of sulfone groups is 1. The van der Waals surface area contributed by atoms with E-state index in [1.54, 1.807) is 19.0 Å². The van der Waals surface area contributed by atoms with Gasteiger partial charge in [0.2, 0.25) is 5.91 Å². The summed E-state index contributed by atoms with van der Waals surface area (Å²) < 4.78 is 28.3. The van der Waals surface area contributed by atoms with E-state index < -0.39 is 9.84 Å². The Kier molecular flexibility index (Phi) is 5.74. The Balaban J connectivity index is 1.80. The van der Waals surface area contributed by atoms with Crippen LogP contribution in [0.2, 0.25) is 0 Å². The van der Waals surface area contributed by atoms with E-state index >= 15 is 0 Å². The van der Waals surface area contributed by atoms with Crippen molar-refractivity contribution in [1.29, 1.82) is 0 Å². The van der Waals surface area contributed by atoms with E-state index in [-0.39, 0.29) is 35.8 Å². The molecule has 0 saturated carbocycles. The van der Waals surface area contributed by atoms with Gasteiger partial charge in [-0.05, 0) is 19.3 Å². The molecule has 0 aromatic heterocycles. The number of ether oxygens (including phenoxy) is 1. The van der Waals surface area contributed by atoms with Crippen LogP contribution in [0.4, 0.5) is 4.79 Å². The SMILES string of the molecule is CN(C)C(=O)NC1COC2(CCN(C(=O)CCS(C)(=O)=O)CC2)C1. The molecule has 2 rings (SSSR count). The van der Waals surface area contributed by atoms with Crippen molar-refractivity contribution in [1.82, 2.24) is 15.1 Å². The first kappa shape index (κ1) is 19.0. The molecule has 1 N–H and O–H groups in total. The van der Waals surface area contributed by atoms with E-state index in [0.29, 0.717) is 32.5 Å². The quantitative estimate of drug-likeness (QED) is 0.751. The Labute approximate surface area is 143 Å². The second kappa shape index (κ2) is 7.26. The zero-order chi connectivity index (χ0) is 18.0. The summed E-state index contributed by atoms with van der Waals surface area (Å²) in [6, 6.07) is -0.138. The highest BCUT2D eigenvalue weighted by atomic mass is 32.2. The number of hydrogen-bond donors (Lipinski definition) is 1. The predicted molar refractivity (Wildman–Crippen MR) is 89.4 cm³/mol. The smallest absolute Gasteiger partial charge is 0.317 e. The molecule has 2 aliphatic heterocycles. The zero-order valence-electron chi connectivity index (χ0n) is 14.6. The summed E-state index contributed by atoms with van der Waals surface area (Å²) in [4.78, 5) is 27.0. The Morgan fingerprint density at radius 2 is 1.92 bits per heavy atom. The molecule has 2 aliphatic rings. The minimum Gasteiger partial charge on any atom is -0.373 e. The fraction of sp³-hybridized carbons (Fsp3) is 0.867. The summed E-state index contributed by atoms with van der Waals surface area (Å²) in [6.07, 6.45) is 3.35. The fourth-order valence-corrected chi connectivity index (χ4v) is 3.73. The van der Waals surface area contributed by atoms with Crippen molar-refractivity contribution in [2.24, 2.45) is 0 Å². The molecule has 0 bridgehead atoms. The lowest BCUT2D eigenvalue weighted by Crippen LogP contribution is -2.47. The lowest BCUT2D eigenvalue weighted by atomic mass is 9.87. The second-order valence-corrected chi connectivity index (χ2v) is 9.26. The monoisotopic (exact) mass is 361 g/mol. The molecule has 24 heavy (non-hydrogen) atoms. The van der Waals surface area contributed by atoms with Gasteiger partial charge < -0.3 is 19.9 Å². The maximum absolute atomic E-state index is 12.1. The van der Waals surface area contributed by atoms with Crippen molar-refractivity contribution in [2.45, 2.75) is 37.3 Å². The zero-order valence-corrected chi connectivity index (χ0v) is 15.4. The number of nitrogens with zero attached hydrogens (tertiary/aromatic N) is 2. The number of carbonyl (C=O) groups excluding carboxylic acids is 2. The third-order valence-corrected chi connectivity index (χ3v) is 5.60. The van der Waals surface area contributed by atoms with Crippen LogP contribution in [-0.4, -0.2) is 87.6 Å². The molecule has 9 heteroatoms. The molecule has 0 aromatic rings. The van der Waals surface area contributed by atoms with Crippen molar-refractivity contribution >= 4 is 21.8 Å². The number of urea groups is 1. The summed E-state index contributed by atoms with van der Waals surface area (Å²) in [6.45, 7) is 1.62. The molecule has 138 valence electrons. The Hall–Kier alpha value is -1.35. The number of likely N-dealkylation sites (tertiary alicyclic amines) is 1. The van der Waals surface area contributed by atoms with Crippen molar-refractivity contribution in [3.8, 4) is 0 Å². The average molecular weight is 361 g/mol. The maximum atomic E-state index is 12.1. The Bertz CT molecular complexity index is 582. The van der Waals surface area contributed by atoms with Gasteiger partial charge in [-0.2, -0.15) is 0 Å². The molecule has 1 atom stereocenters. The van der Waals surface area contributed by atoms with Crippen molar-refractivity contribution in [2.75, 3.05) is 45.8 Å². The molecule has 0 aliphatic carbocycles. The van der Waals surface area contributed by atoms with Gasteiger partial charge in [0, 0.05) is 39.9 Å². The standard InChI is InChI=1S/C15H27N3O5S/c1-17(2)14(20)16-12-10-15(23-11-12)5-7-18(8-6-15)13(19)4-9-24(3,21)22/h12H,4-11H2,1-3H3,(H,16,20). The molecule has 2 heterocycles. The topological polar surface area (TPSA) is 96.0 Å². The Morgan fingerprint density at radius 3 is 2.46 bits per heavy atom. The number of hydrogen-bond acceptors (Lipinski definition) is 5. The molecule has 1 spiro atoms. The average Bonchev–Trinajstić information content (AvgIpc) is 2.87. The van der Waals surface area contributed by atoms with Gasteiger partial charge in [0.1, 0.15) is 9.84 Å². The van der Waals surface area contributed by atoms with Gasteiger partial charge >= 0.3 is 6.03 Å². The van der Waals surface area contributed by atoms with Gasteiger partial charge in [0.25, 0.3) is 0 Å². The second-order valence-electron chi connectivity index (χ2n) is 7.00. The molecule has 1 unspecified atom stereocenters. The highest BCUT2D eigenvalue weighted by molar-refractivity contribution is 7.90. The molecular formula is C15H27N3O5S. The van der Waals surface area contributed by atoms with E-state index in [0.717, 1.165) is 12.7 Å². The van der Waals surface area contributed by atoms with E-state index in [2.05, 4.69) is 5.32 Å². The molecule has 2 saturated heterocycles. The van der Waals surface area contributed by atoms with Crippen LogP contribution in [0, 0.1) is 0 Å². The van der Waals surface area contributed by atoms with Gasteiger partial charge in [-0.1, -0.05) is 0 Å². The van der Waals surface area contributed by atoms with Crippen LogP contribution in [0.15, 0.2) is 0 Å². The molecular weight excluding hydrogens is 334 g/mol. The summed E-state index contributed by atoms with van der Waals surface area (Å²) in [5, 5.41) is 2.94. The van der Waals surface area contributed by atoms with E-state index in [1.165, 1.54) is 4.90 Å². The lowest BCUT2D eigenvalue weighted by molar-refractivity contribution is -0.135. The van der Waals surface area contributed by atoms with Crippen LogP contribution in [0.25, 0.3) is 0 Å². The van der Waals surface area contributed by atoms with Crippen LogP contribution in [0.1, 0.15) is 25.7 Å².